The lowest BCUT2D eigenvalue weighted by Gasteiger charge is -2.34. The molecule has 0 saturated heterocycles. The number of aromatic carboxylic acids is 1. The van der Waals surface area contributed by atoms with E-state index in [-0.39, 0.29) is 28.3 Å². The van der Waals surface area contributed by atoms with E-state index in [2.05, 4.69) is 23.6 Å². The first kappa shape index (κ1) is 25.4. The molecule has 0 aliphatic heterocycles. The van der Waals surface area contributed by atoms with Gasteiger partial charge < -0.3 is 14.6 Å². The van der Waals surface area contributed by atoms with Crippen LogP contribution in [0.1, 0.15) is 61.4 Å². The summed E-state index contributed by atoms with van der Waals surface area (Å²) in [5.74, 6) is -3.38. The third-order valence-corrected chi connectivity index (χ3v) is 8.12. The number of rotatable bonds is 7. The minimum absolute atomic E-state index is 0.119. The highest BCUT2D eigenvalue weighted by molar-refractivity contribution is 8.00. The lowest BCUT2D eigenvalue weighted by Crippen LogP contribution is -2.21. The van der Waals surface area contributed by atoms with E-state index in [1.807, 2.05) is 0 Å². The molecule has 3 aromatic rings. The van der Waals surface area contributed by atoms with E-state index in [4.69, 9.17) is 9.84 Å². The van der Waals surface area contributed by atoms with Gasteiger partial charge in [-0.05, 0) is 55.2 Å². The number of halogens is 3. The van der Waals surface area contributed by atoms with Crippen LogP contribution in [0.3, 0.4) is 0 Å². The number of carboxylic acid groups (broad SMARTS) is 1. The minimum atomic E-state index is -1.40. The number of anilines is 1. The van der Waals surface area contributed by atoms with E-state index >= 15 is 0 Å². The maximum absolute atomic E-state index is 15.0. The zero-order chi connectivity index (χ0) is 25.3. The van der Waals surface area contributed by atoms with Crippen LogP contribution in [-0.4, -0.2) is 23.2 Å². The Balaban J connectivity index is 1.49. The standard InChI is InChI=1S/C25H25F3N2O3S2/c1-25(2)6-4-13(5-7-25)22-17(27)8-14(9-18(22)28)23-29-21(12-34-23)35-30-19-11-16(26)15(24(31)32)10-20(19)33-3/h8-13,30H,4-7H2,1-3H3,(H,31,32). The highest BCUT2D eigenvalue weighted by atomic mass is 32.2. The average Bonchev–Trinajstić information content (AvgIpc) is 3.27. The molecule has 1 saturated carbocycles. The summed E-state index contributed by atoms with van der Waals surface area (Å²) in [5.41, 5.74) is 0.451. The fourth-order valence-electron chi connectivity index (χ4n) is 4.30. The van der Waals surface area contributed by atoms with Crippen LogP contribution in [0.4, 0.5) is 18.9 Å². The lowest BCUT2D eigenvalue weighted by molar-refractivity contribution is 0.0691. The van der Waals surface area contributed by atoms with Crippen LogP contribution in [0.25, 0.3) is 10.6 Å². The van der Waals surface area contributed by atoms with Crippen LogP contribution in [0.2, 0.25) is 0 Å². The summed E-state index contributed by atoms with van der Waals surface area (Å²) < 4.78 is 52.1. The number of nitrogens with one attached hydrogen (secondary N) is 1. The number of benzene rings is 2. The topological polar surface area (TPSA) is 71.5 Å². The molecule has 0 unspecified atom stereocenters. The van der Waals surface area contributed by atoms with Crippen LogP contribution in [0.5, 0.6) is 5.75 Å². The second kappa shape index (κ2) is 10.1. The van der Waals surface area contributed by atoms with Gasteiger partial charge in [0.1, 0.15) is 33.2 Å². The first-order valence-electron chi connectivity index (χ1n) is 11.1. The molecular formula is C25H25F3N2O3S2. The molecule has 1 aliphatic rings. The molecule has 1 aromatic heterocycles. The third kappa shape index (κ3) is 5.59. The van der Waals surface area contributed by atoms with Gasteiger partial charge in [0, 0.05) is 34.5 Å². The van der Waals surface area contributed by atoms with Crippen molar-refractivity contribution in [3.63, 3.8) is 0 Å². The van der Waals surface area contributed by atoms with Gasteiger partial charge in [-0.15, -0.1) is 11.3 Å². The maximum Gasteiger partial charge on any atom is 0.338 e. The van der Waals surface area contributed by atoms with Gasteiger partial charge in [-0.25, -0.2) is 22.9 Å². The Morgan fingerprint density at radius 3 is 2.40 bits per heavy atom. The van der Waals surface area contributed by atoms with E-state index in [0.717, 1.165) is 49.8 Å². The van der Waals surface area contributed by atoms with E-state index in [1.54, 1.807) is 5.38 Å². The molecular weight excluding hydrogens is 497 g/mol. The van der Waals surface area contributed by atoms with Crippen molar-refractivity contribution in [3.05, 3.63) is 58.2 Å². The van der Waals surface area contributed by atoms with Gasteiger partial charge in [0.25, 0.3) is 0 Å². The Morgan fingerprint density at radius 1 is 1.14 bits per heavy atom. The number of aromatic nitrogens is 1. The highest BCUT2D eigenvalue weighted by Gasteiger charge is 2.31. The average molecular weight is 523 g/mol. The minimum Gasteiger partial charge on any atom is -0.495 e. The van der Waals surface area contributed by atoms with Crippen molar-refractivity contribution in [2.75, 3.05) is 11.8 Å². The summed E-state index contributed by atoms with van der Waals surface area (Å²) in [6.07, 6.45) is 3.40. The van der Waals surface area contributed by atoms with E-state index in [0.29, 0.717) is 15.6 Å². The number of carboxylic acids is 1. The van der Waals surface area contributed by atoms with Gasteiger partial charge in [-0.2, -0.15) is 0 Å². The van der Waals surface area contributed by atoms with Gasteiger partial charge >= 0.3 is 5.97 Å². The van der Waals surface area contributed by atoms with E-state index < -0.39 is 29.0 Å². The largest absolute Gasteiger partial charge is 0.495 e. The number of ether oxygens (including phenoxy) is 1. The van der Waals surface area contributed by atoms with Crippen LogP contribution >= 0.6 is 23.3 Å². The van der Waals surface area contributed by atoms with Crippen molar-refractivity contribution in [3.8, 4) is 16.3 Å². The number of hydrogen-bond donors (Lipinski definition) is 2. The van der Waals surface area contributed by atoms with Crippen LogP contribution in [0.15, 0.2) is 34.7 Å². The van der Waals surface area contributed by atoms with Gasteiger partial charge in [-0.1, -0.05) is 13.8 Å². The fourth-order valence-corrected chi connectivity index (χ4v) is 5.87. The number of nitrogens with zero attached hydrogens (tertiary/aromatic N) is 1. The molecule has 0 amide bonds. The summed E-state index contributed by atoms with van der Waals surface area (Å²) in [7, 11) is 1.34. The molecule has 2 N–H and O–H groups in total. The molecule has 0 atom stereocenters. The molecule has 35 heavy (non-hydrogen) atoms. The van der Waals surface area contributed by atoms with Crippen molar-refractivity contribution in [1.29, 1.82) is 0 Å². The van der Waals surface area contributed by atoms with Crippen molar-refractivity contribution >= 4 is 34.9 Å². The smallest absolute Gasteiger partial charge is 0.338 e. The SMILES string of the molecule is COc1cc(C(=O)O)c(F)cc1NSc1csc(-c2cc(F)c(C3CCC(C)(C)CC3)c(F)c2)n1. The third-order valence-electron chi connectivity index (χ3n) is 6.34. The zero-order valence-corrected chi connectivity index (χ0v) is 21.1. The van der Waals surface area contributed by atoms with E-state index in [1.165, 1.54) is 30.6 Å². The van der Waals surface area contributed by atoms with Gasteiger partial charge in [-0.3, -0.25) is 0 Å². The van der Waals surface area contributed by atoms with Gasteiger partial charge in [0.2, 0.25) is 0 Å². The fraction of sp³-hybridized carbons (Fsp3) is 0.360. The molecule has 0 bridgehead atoms. The monoisotopic (exact) mass is 522 g/mol. The normalized spacial score (nSPS) is 15.7. The van der Waals surface area contributed by atoms with E-state index in [9.17, 15) is 18.0 Å². The number of hydrogen-bond acceptors (Lipinski definition) is 6. The Kier molecular flexibility index (Phi) is 7.32. The first-order valence-corrected chi connectivity index (χ1v) is 12.8. The number of thiazole rings is 1. The molecule has 0 spiro atoms. The maximum atomic E-state index is 15.0. The summed E-state index contributed by atoms with van der Waals surface area (Å²) in [6, 6.07) is 4.79. The Bertz CT molecular complexity index is 1230. The second-order valence-electron chi connectivity index (χ2n) is 9.32. The molecule has 5 nitrogen and oxygen atoms in total. The van der Waals surface area contributed by atoms with Crippen LogP contribution in [0, 0.1) is 22.9 Å². The number of carbonyl (C=O) groups is 1. The Labute approximate surface area is 209 Å². The lowest BCUT2D eigenvalue weighted by atomic mass is 9.71. The molecule has 10 heteroatoms. The van der Waals surface area contributed by atoms with Crippen molar-refractivity contribution in [2.45, 2.75) is 50.5 Å². The highest BCUT2D eigenvalue weighted by Crippen LogP contribution is 2.44. The zero-order valence-electron chi connectivity index (χ0n) is 19.5. The molecule has 0 radical (unpaired) electrons. The second-order valence-corrected chi connectivity index (χ2v) is 11.0. The quantitative estimate of drug-likeness (QED) is 0.309. The summed E-state index contributed by atoms with van der Waals surface area (Å²) in [4.78, 5) is 15.5. The Hall–Kier alpha value is -2.72. The summed E-state index contributed by atoms with van der Waals surface area (Å²) in [6.45, 7) is 4.37. The summed E-state index contributed by atoms with van der Waals surface area (Å²) >= 11 is 2.27. The Morgan fingerprint density at radius 2 is 1.80 bits per heavy atom. The molecule has 4 rings (SSSR count). The van der Waals surface area contributed by atoms with Crippen LogP contribution < -0.4 is 9.46 Å². The molecule has 1 fully saturated rings. The number of methoxy groups -OCH3 is 1. The first-order chi connectivity index (χ1) is 16.6. The van der Waals surface area contributed by atoms with Gasteiger partial charge in [0.15, 0.2) is 0 Å². The van der Waals surface area contributed by atoms with Gasteiger partial charge in [0.05, 0.1) is 18.4 Å². The molecule has 1 heterocycles. The van der Waals surface area contributed by atoms with Crippen molar-refractivity contribution in [1.82, 2.24) is 4.98 Å². The predicted octanol–water partition coefficient (Wildman–Crippen LogP) is 7.74. The predicted molar refractivity (Wildman–Crippen MR) is 132 cm³/mol. The molecule has 2 aromatic carbocycles. The van der Waals surface area contributed by atoms with Crippen molar-refractivity contribution in [2.24, 2.45) is 5.41 Å². The van der Waals surface area contributed by atoms with Crippen LogP contribution in [-0.2, 0) is 0 Å². The molecule has 186 valence electrons. The van der Waals surface area contributed by atoms with Crippen molar-refractivity contribution < 1.29 is 27.8 Å². The summed E-state index contributed by atoms with van der Waals surface area (Å²) in [5, 5.41) is 11.7. The molecule has 1 aliphatic carbocycles.